The zero-order valence-electron chi connectivity index (χ0n) is 13.8. The van der Waals surface area contributed by atoms with E-state index in [1.807, 2.05) is 7.05 Å². The third-order valence-electron chi connectivity index (χ3n) is 5.27. The molecule has 3 nitrogen and oxygen atoms in total. The molecule has 118 valence electrons. The molecule has 3 rings (SSSR count). The predicted octanol–water partition coefficient (Wildman–Crippen LogP) is 3.70. The van der Waals surface area contributed by atoms with E-state index in [1.165, 1.54) is 22.2 Å². The van der Waals surface area contributed by atoms with Crippen LogP contribution in [0.4, 0.5) is 0 Å². The molecule has 0 radical (unpaired) electrons. The Kier molecular flexibility index (Phi) is 3.89. The van der Waals surface area contributed by atoms with Crippen molar-refractivity contribution in [1.82, 2.24) is 15.6 Å². The van der Waals surface area contributed by atoms with Gasteiger partial charge in [0.25, 0.3) is 0 Å². The van der Waals surface area contributed by atoms with Gasteiger partial charge in [-0.1, -0.05) is 32.0 Å². The molecule has 2 aromatic rings. The van der Waals surface area contributed by atoms with E-state index in [1.54, 1.807) is 0 Å². The molecule has 2 unspecified atom stereocenters. The highest BCUT2D eigenvalue weighted by Gasteiger charge is 2.58. The number of H-pyrrole nitrogens is 1. The number of aromatic amines is 1. The number of aryl methyl sites for hydroxylation is 1. The summed E-state index contributed by atoms with van der Waals surface area (Å²) in [5.41, 5.74) is 4.45. The molecular weight excluding hydrogens is 290 g/mol. The van der Waals surface area contributed by atoms with Crippen LogP contribution in [0.2, 0.25) is 0 Å². The molecule has 1 aliphatic carbocycles. The van der Waals surface area contributed by atoms with Gasteiger partial charge in [-0.05, 0) is 54.4 Å². The first kappa shape index (κ1) is 15.3. The zero-order valence-corrected chi connectivity index (χ0v) is 14.6. The van der Waals surface area contributed by atoms with Gasteiger partial charge in [0.2, 0.25) is 0 Å². The Bertz CT molecular complexity index is 701. The van der Waals surface area contributed by atoms with Gasteiger partial charge in [-0.2, -0.15) is 0 Å². The normalized spacial score (nSPS) is 22.5. The summed E-state index contributed by atoms with van der Waals surface area (Å²) in [6.07, 6.45) is 1.15. The van der Waals surface area contributed by atoms with Crippen molar-refractivity contribution in [1.29, 1.82) is 0 Å². The number of hydrogen-bond acceptors (Lipinski definition) is 1. The second-order valence-electron chi connectivity index (χ2n) is 6.91. The van der Waals surface area contributed by atoms with Crippen LogP contribution in [0.3, 0.4) is 0 Å². The van der Waals surface area contributed by atoms with E-state index in [9.17, 15) is 0 Å². The summed E-state index contributed by atoms with van der Waals surface area (Å²) in [5.74, 6) is 1.34. The van der Waals surface area contributed by atoms with Crippen LogP contribution in [0.15, 0.2) is 24.3 Å². The fourth-order valence-corrected chi connectivity index (χ4v) is 4.09. The van der Waals surface area contributed by atoms with E-state index in [4.69, 9.17) is 12.2 Å². The number of rotatable bonds is 4. The Hall–Kier alpha value is -1.55. The summed E-state index contributed by atoms with van der Waals surface area (Å²) in [5, 5.41) is 8.36. The van der Waals surface area contributed by atoms with Crippen LogP contribution in [-0.2, 0) is 0 Å². The van der Waals surface area contributed by atoms with Crippen molar-refractivity contribution in [3.8, 4) is 0 Å². The number of nitrogens with one attached hydrogen (secondary N) is 3. The van der Waals surface area contributed by atoms with Crippen LogP contribution in [-0.4, -0.2) is 23.7 Å². The second kappa shape index (κ2) is 5.58. The van der Waals surface area contributed by atoms with Crippen LogP contribution in [0.1, 0.15) is 37.4 Å². The monoisotopic (exact) mass is 315 g/mol. The van der Waals surface area contributed by atoms with Crippen molar-refractivity contribution in [2.45, 2.75) is 33.1 Å². The Morgan fingerprint density at radius 2 is 2.05 bits per heavy atom. The van der Waals surface area contributed by atoms with Gasteiger partial charge in [-0.25, -0.2) is 0 Å². The molecule has 22 heavy (non-hydrogen) atoms. The average molecular weight is 315 g/mol. The molecular formula is C18H25N3S. The molecule has 0 amide bonds. The minimum atomic E-state index is 0.360. The van der Waals surface area contributed by atoms with E-state index in [2.05, 4.69) is 60.7 Å². The lowest BCUT2D eigenvalue weighted by atomic mass is 10.0. The number of hydrogen-bond donors (Lipinski definition) is 3. The van der Waals surface area contributed by atoms with Crippen LogP contribution >= 0.6 is 12.2 Å². The molecule has 0 saturated heterocycles. The molecule has 4 heteroatoms. The Balaban J connectivity index is 1.79. The lowest BCUT2D eigenvalue weighted by Gasteiger charge is -2.07. The molecule has 1 aromatic heterocycles. The van der Waals surface area contributed by atoms with E-state index >= 15 is 0 Å². The van der Waals surface area contributed by atoms with Gasteiger partial charge >= 0.3 is 0 Å². The highest BCUT2D eigenvalue weighted by molar-refractivity contribution is 7.80. The fraction of sp³-hybridized carbons (Fsp3) is 0.500. The standard InChI is InChI=1S/C18H25N3S/c1-11-15(12-7-5-6-8-14(12)21-11)16-13(18(16,2)3)9-10-20-17(22)19-4/h5-8,13,16,21H,9-10H2,1-4H3,(H2,19,20,22). The third kappa shape index (κ3) is 2.50. The summed E-state index contributed by atoms with van der Waals surface area (Å²) >= 11 is 5.15. The molecule has 1 aromatic carbocycles. The van der Waals surface area contributed by atoms with Crippen molar-refractivity contribution in [2.24, 2.45) is 11.3 Å². The lowest BCUT2D eigenvalue weighted by Crippen LogP contribution is -2.33. The van der Waals surface area contributed by atoms with E-state index < -0.39 is 0 Å². The second-order valence-corrected chi connectivity index (χ2v) is 7.32. The molecule has 1 heterocycles. The highest BCUT2D eigenvalue weighted by Crippen LogP contribution is 2.67. The largest absolute Gasteiger partial charge is 0.366 e. The lowest BCUT2D eigenvalue weighted by molar-refractivity contribution is 0.527. The first-order chi connectivity index (χ1) is 10.5. The first-order valence-corrected chi connectivity index (χ1v) is 8.40. The van der Waals surface area contributed by atoms with Crippen LogP contribution < -0.4 is 10.6 Å². The van der Waals surface area contributed by atoms with Gasteiger partial charge in [0.15, 0.2) is 5.11 Å². The van der Waals surface area contributed by atoms with Gasteiger partial charge in [-0.15, -0.1) is 0 Å². The van der Waals surface area contributed by atoms with Gasteiger partial charge in [-0.3, -0.25) is 0 Å². The molecule has 2 atom stereocenters. The van der Waals surface area contributed by atoms with Crippen molar-refractivity contribution in [3.05, 3.63) is 35.5 Å². The Morgan fingerprint density at radius 3 is 2.77 bits per heavy atom. The minimum Gasteiger partial charge on any atom is -0.366 e. The molecule has 0 aliphatic heterocycles. The first-order valence-electron chi connectivity index (χ1n) is 7.99. The number of fused-ring (bicyclic) bond motifs is 1. The van der Waals surface area contributed by atoms with Gasteiger partial charge in [0.1, 0.15) is 0 Å². The van der Waals surface area contributed by atoms with Crippen molar-refractivity contribution in [3.63, 3.8) is 0 Å². The van der Waals surface area contributed by atoms with Crippen LogP contribution in [0.5, 0.6) is 0 Å². The zero-order chi connectivity index (χ0) is 15.9. The summed E-state index contributed by atoms with van der Waals surface area (Å²) < 4.78 is 0. The molecule has 3 N–H and O–H groups in total. The average Bonchev–Trinajstić information content (AvgIpc) is 2.86. The van der Waals surface area contributed by atoms with E-state index in [-0.39, 0.29) is 0 Å². The Morgan fingerprint density at radius 1 is 1.32 bits per heavy atom. The van der Waals surface area contributed by atoms with Crippen molar-refractivity contribution in [2.75, 3.05) is 13.6 Å². The number of aromatic nitrogens is 1. The molecule has 0 bridgehead atoms. The summed E-state index contributed by atoms with van der Waals surface area (Å²) in [6.45, 7) is 7.92. The van der Waals surface area contributed by atoms with Gasteiger partial charge < -0.3 is 15.6 Å². The van der Waals surface area contributed by atoms with Crippen LogP contribution in [0.25, 0.3) is 10.9 Å². The predicted molar refractivity (Wildman–Crippen MR) is 97.3 cm³/mol. The van der Waals surface area contributed by atoms with E-state index in [0.29, 0.717) is 17.3 Å². The number of para-hydroxylation sites is 1. The smallest absolute Gasteiger partial charge is 0.166 e. The highest BCUT2D eigenvalue weighted by atomic mass is 32.1. The molecule has 1 saturated carbocycles. The van der Waals surface area contributed by atoms with Crippen molar-refractivity contribution < 1.29 is 0 Å². The summed E-state index contributed by atoms with van der Waals surface area (Å²) in [7, 11) is 1.86. The summed E-state index contributed by atoms with van der Waals surface area (Å²) in [6, 6.07) is 8.65. The number of thiocarbonyl (C=S) groups is 1. The molecule has 0 spiro atoms. The topological polar surface area (TPSA) is 39.8 Å². The summed E-state index contributed by atoms with van der Waals surface area (Å²) in [4.78, 5) is 3.54. The minimum absolute atomic E-state index is 0.360. The quantitative estimate of drug-likeness (QED) is 0.753. The maximum absolute atomic E-state index is 5.15. The van der Waals surface area contributed by atoms with Gasteiger partial charge in [0, 0.05) is 30.2 Å². The SMILES string of the molecule is CNC(=S)NCCC1C(c2c(C)[nH]c3ccccc23)C1(C)C. The van der Waals surface area contributed by atoms with Gasteiger partial charge in [0.05, 0.1) is 0 Å². The van der Waals surface area contributed by atoms with Crippen molar-refractivity contribution >= 4 is 28.2 Å². The third-order valence-corrected chi connectivity index (χ3v) is 5.62. The Labute approximate surface area is 137 Å². The number of benzene rings is 1. The molecule has 1 aliphatic rings. The van der Waals surface area contributed by atoms with E-state index in [0.717, 1.165) is 18.1 Å². The maximum atomic E-state index is 5.15. The maximum Gasteiger partial charge on any atom is 0.166 e. The van der Waals surface area contributed by atoms with Crippen LogP contribution in [0, 0.1) is 18.3 Å². The molecule has 1 fully saturated rings. The fourth-order valence-electron chi connectivity index (χ4n) is 3.98.